The first kappa shape index (κ1) is 14.6. The summed E-state index contributed by atoms with van der Waals surface area (Å²) in [6.07, 6.45) is 1.44. The summed E-state index contributed by atoms with van der Waals surface area (Å²) in [5, 5.41) is 0.692. The fraction of sp³-hybridized carbons (Fsp3) is 0.125. The van der Waals surface area contributed by atoms with Gasteiger partial charge >= 0.3 is 0 Å². The van der Waals surface area contributed by atoms with E-state index < -0.39 is 0 Å². The summed E-state index contributed by atoms with van der Waals surface area (Å²) in [6.45, 7) is 2.43. The third-order valence-corrected chi connectivity index (χ3v) is 3.79. The predicted molar refractivity (Wildman–Crippen MR) is 89.3 cm³/mol. The monoisotopic (exact) mass is 313 g/mol. The molecule has 0 aliphatic rings. The van der Waals surface area contributed by atoms with Crippen molar-refractivity contribution in [3.8, 4) is 22.5 Å². The number of aryl methyl sites for hydroxylation is 1. The molecular weight excluding hydrogens is 298 g/mol. The summed E-state index contributed by atoms with van der Waals surface area (Å²) in [5.41, 5.74) is 17.3. The molecule has 0 saturated carbocycles. The second kappa shape index (κ2) is 5.79. The summed E-state index contributed by atoms with van der Waals surface area (Å²) in [7, 11) is 0. The van der Waals surface area contributed by atoms with Gasteiger partial charge in [-0.1, -0.05) is 17.7 Å². The van der Waals surface area contributed by atoms with Gasteiger partial charge < -0.3 is 16.5 Å². The van der Waals surface area contributed by atoms with Crippen LogP contribution in [0.4, 0.5) is 5.82 Å². The molecule has 0 atom stereocenters. The number of nitrogen functional groups attached to an aromatic ring is 1. The van der Waals surface area contributed by atoms with Crippen LogP contribution in [-0.2, 0) is 6.54 Å². The Hall–Kier alpha value is -2.37. The van der Waals surface area contributed by atoms with Crippen molar-refractivity contribution in [1.29, 1.82) is 0 Å². The zero-order chi connectivity index (χ0) is 15.7. The Morgan fingerprint density at radius 3 is 2.68 bits per heavy atom. The highest BCUT2D eigenvalue weighted by atomic mass is 35.5. The van der Waals surface area contributed by atoms with E-state index in [0.717, 1.165) is 33.8 Å². The zero-order valence-corrected chi connectivity index (χ0v) is 12.9. The molecule has 22 heavy (non-hydrogen) atoms. The molecule has 6 heteroatoms. The Kier molecular flexibility index (Phi) is 3.83. The molecule has 0 unspecified atom stereocenters. The van der Waals surface area contributed by atoms with E-state index in [2.05, 4.69) is 15.0 Å². The maximum atomic E-state index is 6.13. The van der Waals surface area contributed by atoms with Crippen LogP contribution in [-0.4, -0.2) is 15.0 Å². The number of nitrogens with two attached hydrogens (primary N) is 2. The SMILES string of the molecule is Cc1ccc(Cl)cc1-c1cc(-c2cc(N)ncn2)[nH]c1CN. The molecule has 0 aliphatic carbocycles. The third-order valence-electron chi connectivity index (χ3n) is 3.56. The van der Waals surface area contributed by atoms with Gasteiger partial charge in [0.25, 0.3) is 0 Å². The minimum atomic E-state index is 0.391. The lowest BCUT2D eigenvalue weighted by molar-refractivity contribution is 1.01. The van der Waals surface area contributed by atoms with Crippen molar-refractivity contribution in [2.45, 2.75) is 13.5 Å². The van der Waals surface area contributed by atoms with Crippen molar-refractivity contribution < 1.29 is 0 Å². The summed E-state index contributed by atoms with van der Waals surface area (Å²) in [4.78, 5) is 11.5. The lowest BCUT2D eigenvalue weighted by atomic mass is 10.0. The number of rotatable bonds is 3. The van der Waals surface area contributed by atoms with Crippen molar-refractivity contribution in [3.05, 3.63) is 52.9 Å². The van der Waals surface area contributed by atoms with Crippen molar-refractivity contribution in [2.75, 3.05) is 5.73 Å². The molecule has 0 saturated heterocycles. The average Bonchev–Trinajstić information content (AvgIpc) is 2.94. The first-order valence-corrected chi connectivity index (χ1v) is 7.22. The summed E-state index contributed by atoms with van der Waals surface area (Å²) >= 11 is 6.13. The van der Waals surface area contributed by atoms with Crippen molar-refractivity contribution in [3.63, 3.8) is 0 Å². The van der Waals surface area contributed by atoms with Gasteiger partial charge in [0, 0.05) is 28.9 Å². The van der Waals surface area contributed by atoms with Gasteiger partial charge in [0.2, 0.25) is 0 Å². The first-order valence-electron chi connectivity index (χ1n) is 6.85. The van der Waals surface area contributed by atoms with Gasteiger partial charge in [-0.15, -0.1) is 0 Å². The molecule has 0 radical (unpaired) electrons. The van der Waals surface area contributed by atoms with Gasteiger partial charge in [0.15, 0.2) is 0 Å². The molecule has 0 bridgehead atoms. The fourth-order valence-corrected chi connectivity index (χ4v) is 2.61. The average molecular weight is 314 g/mol. The second-order valence-corrected chi connectivity index (χ2v) is 5.50. The van der Waals surface area contributed by atoms with E-state index in [1.165, 1.54) is 6.33 Å². The van der Waals surface area contributed by atoms with Gasteiger partial charge in [0.1, 0.15) is 12.1 Å². The fourth-order valence-electron chi connectivity index (χ4n) is 2.44. The number of hydrogen-bond donors (Lipinski definition) is 3. The van der Waals surface area contributed by atoms with Crippen LogP contribution in [0.3, 0.4) is 0 Å². The van der Waals surface area contributed by atoms with E-state index in [4.69, 9.17) is 23.1 Å². The highest BCUT2D eigenvalue weighted by Crippen LogP contribution is 2.32. The number of benzene rings is 1. The molecule has 112 valence electrons. The number of aromatic nitrogens is 3. The van der Waals surface area contributed by atoms with Crippen LogP contribution in [0.15, 0.2) is 36.7 Å². The summed E-state index contributed by atoms with van der Waals surface area (Å²) < 4.78 is 0. The molecule has 0 spiro atoms. The van der Waals surface area contributed by atoms with Crippen molar-refractivity contribution >= 4 is 17.4 Å². The Morgan fingerprint density at radius 1 is 1.14 bits per heavy atom. The Bertz CT molecular complexity index is 825. The van der Waals surface area contributed by atoms with Crippen molar-refractivity contribution in [2.24, 2.45) is 5.73 Å². The van der Waals surface area contributed by atoms with E-state index in [9.17, 15) is 0 Å². The highest BCUT2D eigenvalue weighted by Gasteiger charge is 2.13. The van der Waals surface area contributed by atoms with Crippen LogP contribution in [0.1, 0.15) is 11.3 Å². The zero-order valence-electron chi connectivity index (χ0n) is 12.1. The van der Waals surface area contributed by atoms with Crippen LogP contribution in [0.2, 0.25) is 5.02 Å². The Labute approximate surface area is 133 Å². The molecule has 5 nitrogen and oxygen atoms in total. The number of nitrogens with zero attached hydrogens (tertiary/aromatic N) is 2. The maximum Gasteiger partial charge on any atom is 0.127 e. The van der Waals surface area contributed by atoms with E-state index in [1.807, 2.05) is 31.2 Å². The normalized spacial score (nSPS) is 10.9. The quantitative estimate of drug-likeness (QED) is 0.692. The second-order valence-electron chi connectivity index (χ2n) is 5.07. The van der Waals surface area contributed by atoms with Crippen molar-refractivity contribution in [1.82, 2.24) is 15.0 Å². The third kappa shape index (κ3) is 2.68. The standard InChI is InChI=1S/C16H16ClN5/c1-9-2-3-10(17)4-11(9)12-5-14(22-15(12)7-18)13-6-16(19)21-8-20-13/h2-6,8,22H,7,18H2,1H3,(H2,19,20,21). The molecule has 0 amide bonds. The minimum absolute atomic E-state index is 0.391. The Balaban J connectivity index is 2.15. The van der Waals surface area contributed by atoms with E-state index in [0.29, 0.717) is 17.4 Å². The lowest BCUT2D eigenvalue weighted by Crippen LogP contribution is -1.99. The lowest BCUT2D eigenvalue weighted by Gasteiger charge is -2.06. The molecule has 1 aromatic carbocycles. The first-order chi connectivity index (χ1) is 10.6. The smallest absolute Gasteiger partial charge is 0.127 e. The molecule has 2 aromatic heterocycles. The highest BCUT2D eigenvalue weighted by molar-refractivity contribution is 6.30. The van der Waals surface area contributed by atoms with Gasteiger partial charge in [-0.25, -0.2) is 9.97 Å². The number of hydrogen-bond acceptors (Lipinski definition) is 4. The van der Waals surface area contributed by atoms with Crippen LogP contribution < -0.4 is 11.5 Å². The predicted octanol–water partition coefficient (Wildman–Crippen LogP) is 3.14. The molecule has 3 rings (SSSR count). The van der Waals surface area contributed by atoms with Gasteiger partial charge in [-0.05, 0) is 36.2 Å². The van der Waals surface area contributed by atoms with Crippen LogP contribution in [0.25, 0.3) is 22.5 Å². The van der Waals surface area contributed by atoms with Crippen LogP contribution in [0, 0.1) is 6.92 Å². The largest absolute Gasteiger partial charge is 0.384 e. The molecule has 2 heterocycles. The molecular formula is C16H16ClN5. The summed E-state index contributed by atoms with van der Waals surface area (Å²) in [6, 6.07) is 9.55. The topological polar surface area (TPSA) is 93.6 Å². The van der Waals surface area contributed by atoms with Gasteiger partial charge in [-0.2, -0.15) is 0 Å². The molecule has 0 fully saturated rings. The van der Waals surface area contributed by atoms with Gasteiger partial charge in [0.05, 0.1) is 11.4 Å². The van der Waals surface area contributed by atoms with E-state index >= 15 is 0 Å². The van der Waals surface area contributed by atoms with E-state index in [1.54, 1.807) is 6.07 Å². The number of halogens is 1. The number of aromatic amines is 1. The maximum absolute atomic E-state index is 6.13. The number of nitrogens with one attached hydrogen (secondary N) is 1. The number of anilines is 1. The Morgan fingerprint density at radius 2 is 1.95 bits per heavy atom. The molecule has 5 N–H and O–H groups in total. The van der Waals surface area contributed by atoms with E-state index in [-0.39, 0.29) is 0 Å². The van der Waals surface area contributed by atoms with Gasteiger partial charge in [-0.3, -0.25) is 0 Å². The molecule has 3 aromatic rings. The van der Waals surface area contributed by atoms with Crippen LogP contribution in [0.5, 0.6) is 0 Å². The summed E-state index contributed by atoms with van der Waals surface area (Å²) in [5.74, 6) is 0.425. The van der Waals surface area contributed by atoms with Crippen LogP contribution >= 0.6 is 11.6 Å². The number of H-pyrrole nitrogens is 1. The molecule has 0 aliphatic heterocycles. The minimum Gasteiger partial charge on any atom is -0.384 e.